The molecule has 0 aliphatic heterocycles. The summed E-state index contributed by atoms with van der Waals surface area (Å²) in [6.45, 7) is 1.72. The molecule has 0 radical (unpaired) electrons. The summed E-state index contributed by atoms with van der Waals surface area (Å²) in [6.07, 6.45) is 7.24. The predicted octanol–water partition coefficient (Wildman–Crippen LogP) is 1.58. The van der Waals surface area contributed by atoms with Crippen LogP contribution in [0.25, 0.3) is 6.08 Å². The zero-order chi connectivity index (χ0) is 15.2. The molecule has 0 bridgehead atoms. The van der Waals surface area contributed by atoms with Gasteiger partial charge >= 0.3 is 5.97 Å². The van der Waals surface area contributed by atoms with Gasteiger partial charge in [0.25, 0.3) is 0 Å². The largest absolute Gasteiger partial charge is 0.478 e. The van der Waals surface area contributed by atoms with E-state index in [9.17, 15) is 9.59 Å². The summed E-state index contributed by atoms with van der Waals surface area (Å²) in [7, 11) is 0. The molecule has 21 heavy (non-hydrogen) atoms. The van der Waals surface area contributed by atoms with E-state index in [4.69, 9.17) is 5.11 Å². The quantitative estimate of drug-likeness (QED) is 0.813. The molecule has 0 saturated heterocycles. The average Bonchev–Trinajstić information content (AvgIpc) is 2.98. The lowest BCUT2D eigenvalue weighted by molar-refractivity contribution is -0.131. The first-order chi connectivity index (χ1) is 10.1. The molecular weight excluding hydrogens is 272 g/mol. The molecular formula is C14H14N4O3. The minimum absolute atomic E-state index is 0.259. The third-order valence-electron chi connectivity index (χ3n) is 2.75. The summed E-state index contributed by atoms with van der Waals surface area (Å²) in [6, 6.07) is 4.50. The van der Waals surface area contributed by atoms with E-state index in [2.05, 4.69) is 15.4 Å². The third kappa shape index (κ3) is 4.00. The number of nitrogens with one attached hydrogen (secondary N) is 1. The van der Waals surface area contributed by atoms with E-state index in [0.717, 1.165) is 6.08 Å². The highest BCUT2D eigenvalue weighted by Gasteiger charge is 2.15. The van der Waals surface area contributed by atoms with Crippen LogP contribution in [0.4, 0.5) is 5.82 Å². The molecule has 7 nitrogen and oxygen atoms in total. The predicted molar refractivity (Wildman–Crippen MR) is 76.5 cm³/mol. The Morgan fingerprint density at radius 1 is 1.43 bits per heavy atom. The van der Waals surface area contributed by atoms with Crippen molar-refractivity contribution in [2.45, 2.75) is 13.0 Å². The van der Waals surface area contributed by atoms with Gasteiger partial charge in [-0.1, -0.05) is 0 Å². The number of carbonyl (C=O) groups is 2. The van der Waals surface area contributed by atoms with E-state index < -0.39 is 12.0 Å². The smallest absolute Gasteiger partial charge is 0.328 e. The van der Waals surface area contributed by atoms with Gasteiger partial charge in [0.2, 0.25) is 5.91 Å². The summed E-state index contributed by atoms with van der Waals surface area (Å²) >= 11 is 0. The van der Waals surface area contributed by atoms with E-state index in [1.54, 1.807) is 37.5 Å². The highest BCUT2D eigenvalue weighted by Crippen LogP contribution is 2.11. The lowest BCUT2D eigenvalue weighted by Crippen LogP contribution is -2.24. The zero-order valence-corrected chi connectivity index (χ0v) is 11.3. The number of carboxylic acid groups (broad SMARTS) is 1. The fourth-order valence-electron chi connectivity index (χ4n) is 1.65. The molecule has 0 fully saturated rings. The number of nitrogens with zero attached hydrogens (tertiary/aromatic N) is 3. The number of amides is 1. The van der Waals surface area contributed by atoms with Gasteiger partial charge in [0, 0.05) is 24.7 Å². The molecule has 0 saturated carbocycles. The van der Waals surface area contributed by atoms with E-state index in [-0.39, 0.29) is 5.91 Å². The molecule has 2 rings (SSSR count). The number of aliphatic carboxylic acids is 1. The zero-order valence-electron chi connectivity index (χ0n) is 11.3. The van der Waals surface area contributed by atoms with Gasteiger partial charge in [-0.15, -0.1) is 0 Å². The second-order valence-corrected chi connectivity index (χ2v) is 4.30. The van der Waals surface area contributed by atoms with E-state index in [1.165, 1.54) is 17.0 Å². The SMILES string of the molecule is CC(C(=O)Nc1cc(/C=C/C(=O)O)ccn1)n1cccn1. The van der Waals surface area contributed by atoms with E-state index >= 15 is 0 Å². The molecule has 108 valence electrons. The minimum atomic E-state index is -1.04. The van der Waals surface area contributed by atoms with Crippen molar-refractivity contribution in [2.75, 3.05) is 5.32 Å². The number of hydrogen-bond acceptors (Lipinski definition) is 4. The van der Waals surface area contributed by atoms with Crippen LogP contribution in [0.1, 0.15) is 18.5 Å². The maximum atomic E-state index is 12.1. The number of carboxylic acids is 1. The van der Waals surface area contributed by atoms with Crippen LogP contribution in [0.2, 0.25) is 0 Å². The Morgan fingerprint density at radius 3 is 2.90 bits per heavy atom. The lowest BCUT2D eigenvalue weighted by atomic mass is 10.2. The van der Waals surface area contributed by atoms with Crippen molar-refractivity contribution in [1.82, 2.24) is 14.8 Å². The van der Waals surface area contributed by atoms with Gasteiger partial charge in [-0.05, 0) is 36.8 Å². The number of carbonyl (C=O) groups excluding carboxylic acids is 1. The maximum Gasteiger partial charge on any atom is 0.328 e. The minimum Gasteiger partial charge on any atom is -0.478 e. The first-order valence-corrected chi connectivity index (χ1v) is 6.23. The molecule has 1 amide bonds. The standard InChI is InChI=1S/C14H14N4O3/c1-10(18-8-2-6-16-18)14(21)17-12-9-11(5-7-15-12)3-4-13(19)20/h2-10H,1H3,(H,19,20)(H,15,17,21)/b4-3+. The van der Waals surface area contributed by atoms with Gasteiger partial charge < -0.3 is 10.4 Å². The van der Waals surface area contributed by atoms with Crippen LogP contribution in [0, 0.1) is 0 Å². The van der Waals surface area contributed by atoms with Crippen molar-refractivity contribution in [2.24, 2.45) is 0 Å². The summed E-state index contributed by atoms with van der Waals surface area (Å²) < 4.78 is 1.53. The van der Waals surface area contributed by atoms with Crippen molar-refractivity contribution in [3.05, 3.63) is 48.4 Å². The van der Waals surface area contributed by atoms with E-state index in [0.29, 0.717) is 11.4 Å². The molecule has 2 aromatic rings. The van der Waals surface area contributed by atoms with Crippen molar-refractivity contribution in [3.8, 4) is 0 Å². The van der Waals surface area contributed by atoms with Crippen molar-refractivity contribution in [1.29, 1.82) is 0 Å². The second kappa shape index (κ2) is 6.47. The highest BCUT2D eigenvalue weighted by molar-refractivity contribution is 5.93. The van der Waals surface area contributed by atoms with Gasteiger partial charge in [0.15, 0.2) is 0 Å². The maximum absolute atomic E-state index is 12.1. The van der Waals surface area contributed by atoms with Crippen LogP contribution < -0.4 is 5.32 Å². The van der Waals surface area contributed by atoms with Crippen LogP contribution >= 0.6 is 0 Å². The Labute approximate surface area is 120 Å². The van der Waals surface area contributed by atoms with Crippen molar-refractivity contribution >= 4 is 23.8 Å². The number of hydrogen-bond donors (Lipinski definition) is 2. The van der Waals surface area contributed by atoms with Crippen LogP contribution in [0.15, 0.2) is 42.9 Å². The molecule has 2 N–H and O–H groups in total. The fourth-order valence-corrected chi connectivity index (χ4v) is 1.65. The second-order valence-electron chi connectivity index (χ2n) is 4.30. The molecule has 0 aliphatic rings. The Hall–Kier alpha value is -2.96. The monoisotopic (exact) mass is 286 g/mol. The van der Waals surface area contributed by atoms with Gasteiger partial charge in [0.05, 0.1) is 0 Å². The van der Waals surface area contributed by atoms with Gasteiger partial charge in [-0.2, -0.15) is 5.10 Å². The highest BCUT2D eigenvalue weighted by atomic mass is 16.4. The van der Waals surface area contributed by atoms with Crippen molar-refractivity contribution in [3.63, 3.8) is 0 Å². The molecule has 1 unspecified atom stereocenters. The van der Waals surface area contributed by atoms with Crippen molar-refractivity contribution < 1.29 is 14.7 Å². The molecule has 2 heterocycles. The van der Waals surface area contributed by atoms with Gasteiger partial charge in [-0.25, -0.2) is 9.78 Å². The Balaban J connectivity index is 2.07. The lowest BCUT2D eigenvalue weighted by Gasteiger charge is -2.12. The molecule has 2 aromatic heterocycles. The summed E-state index contributed by atoms with van der Waals surface area (Å²) in [5.41, 5.74) is 0.634. The number of pyridine rings is 1. The fraction of sp³-hybridized carbons (Fsp3) is 0.143. The third-order valence-corrected chi connectivity index (χ3v) is 2.75. The summed E-state index contributed by atoms with van der Waals surface area (Å²) in [5.74, 6) is -0.943. The first-order valence-electron chi connectivity index (χ1n) is 6.23. The summed E-state index contributed by atoms with van der Waals surface area (Å²) in [5, 5.41) is 15.3. The Bertz CT molecular complexity index is 665. The topological polar surface area (TPSA) is 97.1 Å². The van der Waals surface area contributed by atoms with Crippen LogP contribution in [0.3, 0.4) is 0 Å². The summed E-state index contributed by atoms with van der Waals surface area (Å²) in [4.78, 5) is 26.6. The van der Waals surface area contributed by atoms with Gasteiger partial charge in [0.1, 0.15) is 11.9 Å². The first kappa shape index (κ1) is 14.4. The Morgan fingerprint density at radius 2 is 2.24 bits per heavy atom. The van der Waals surface area contributed by atoms with E-state index in [1.807, 2.05) is 0 Å². The molecule has 1 atom stereocenters. The van der Waals surface area contributed by atoms with Crippen LogP contribution in [-0.2, 0) is 9.59 Å². The van der Waals surface area contributed by atoms with Crippen LogP contribution in [-0.4, -0.2) is 31.7 Å². The number of rotatable bonds is 5. The molecule has 7 heteroatoms. The number of anilines is 1. The normalized spacial score (nSPS) is 12.2. The Kier molecular flexibility index (Phi) is 4.45. The molecule has 0 spiro atoms. The number of aromatic nitrogens is 3. The van der Waals surface area contributed by atoms with Crippen LogP contribution in [0.5, 0.6) is 0 Å². The average molecular weight is 286 g/mol. The molecule has 0 aromatic carbocycles. The van der Waals surface area contributed by atoms with Gasteiger partial charge in [-0.3, -0.25) is 9.48 Å². The molecule has 0 aliphatic carbocycles.